The molecule has 3 rings (SSSR count). The number of hydrogen-bond donors (Lipinski definition) is 1. The van der Waals surface area contributed by atoms with E-state index in [0.29, 0.717) is 0 Å². The van der Waals surface area contributed by atoms with Gasteiger partial charge in [-0.15, -0.1) is 11.3 Å². The molecule has 0 radical (unpaired) electrons. The molecule has 118 valence electrons. The minimum Gasteiger partial charge on any atom is -0.497 e. The topological polar surface area (TPSA) is 57.4 Å². The van der Waals surface area contributed by atoms with Gasteiger partial charge in [-0.25, -0.2) is 4.98 Å². The first-order valence-electron chi connectivity index (χ1n) is 7.21. The average Bonchev–Trinajstić information content (AvgIpc) is 3.04. The van der Waals surface area contributed by atoms with Crippen molar-refractivity contribution in [1.29, 1.82) is 0 Å². The predicted molar refractivity (Wildman–Crippen MR) is 94.3 cm³/mol. The summed E-state index contributed by atoms with van der Waals surface area (Å²) in [6, 6.07) is 13.6. The van der Waals surface area contributed by atoms with Crippen LogP contribution in [0.2, 0.25) is 0 Å². The second-order valence-electron chi connectivity index (χ2n) is 5.11. The summed E-state index contributed by atoms with van der Waals surface area (Å²) in [6.45, 7) is 0. The van der Waals surface area contributed by atoms with E-state index in [-0.39, 0.29) is 0 Å². The summed E-state index contributed by atoms with van der Waals surface area (Å²) in [5, 5.41) is 3.10. The molecule has 0 aliphatic carbocycles. The Kier molecular flexibility index (Phi) is 4.48. The molecular formula is C18H18N2O2S. The molecule has 2 N–H and O–H groups in total. The Morgan fingerprint density at radius 3 is 2.52 bits per heavy atom. The van der Waals surface area contributed by atoms with Crippen molar-refractivity contribution in [3.8, 4) is 22.8 Å². The highest BCUT2D eigenvalue weighted by Gasteiger charge is 2.12. The van der Waals surface area contributed by atoms with Crippen molar-refractivity contribution in [2.24, 2.45) is 0 Å². The number of aromatic nitrogens is 1. The molecule has 0 aliphatic heterocycles. The van der Waals surface area contributed by atoms with Gasteiger partial charge in [0.15, 0.2) is 0 Å². The van der Waals surface area contributed by atoms with Crippen molar-refractivity contribution >= 4 is 17.0 Å². The molecule has 0 unspecified atom stereocenters. The molecule has 0 amide bonds. The average molecular weight is 326 g/mol. The Balaban J connectivity index is 1.88. The summed E-state index contributed by atoms with van der Waals surface area (Å²) in [5.74, 6) is 1.57. The van der Waals surface area contributed by atoms with E-state index in [0.717, 1.165) is 39.9 Å². The van der Waals surface area contributed by atoms with Crippen LogP contribution in [-0.4, -0.2) is 19.2 Å². The van der Waals surface area contributed by atoms with Gasteiger partial charge in [-0.3, -0.25) is 0 Å². The van der Waals surface area contributed by atoms with Crippen LogP contribution >= 0.6 is 11.3 Å². The van der Waals surface area contributed by atoms with Gasteiger partial charge in [-0.2, -0.15) is 0 Å². The molecular weight excluding hydrogens is 308 g/mol. The molecule has 0 bridgehead atoms. The summed E-state index contributed by atoms with van der Waals surface area (Å²) in [5.41, 5.74) is 9.52. The lowest BCUT2D eigenvalue weighted by atomic mass is 10.1. The highest BCUT2D eigenvalue weighted by molar-refractivity contribution is 7.10. The molecule has 0 saturated carbocycles. The standard InChI is InChI=1S/C18H18N2O2S/c1-21-14-7-8-17(22-2)15(10-14)16-11-23-18(20-16)9-12-3-5-13(19)6-4-12/h3-8,10-11H,9,19H2,1-2H3. The van der Waals surface area contributed by atoms with Gasteiger partial charge in [-0.05, 0) is 35.9 Å². The van der Waals surface area contributed by atoms with E-state index >= 15 is 0 Å². The summed E-state index contributed by atoms with van der Waals surface area (Å²) in [4.78, 5) is 4.73. The van der Waals surface area contributed by atoms with Gasteiger partial charge in [0.05, 0.1) is 24.9 Å². The second-order valence-corrected chi connectivity index (χ2v) is 6.05. The first-order chi connectivity index (χ1) is 11.2. The smallest absolute Gasteiger partial charge is 0.128 e. The summed E-state index contributed by atoms with van der Waals surface area (Å²) in [6.07, 6.45) is 0.789. The van der Waals surface area contributed by atoms with Crippen LogP contribution in [0, 0.1) is 0 Å². The molecule has 23 heavy (non-hydrogen) atoms. The third-order valence-electron chi connectivity index (χ3n) is 3.57. The van der Waals surface area contributed by atoms with E-state index in [2.05, 4.69) is 0 Å². The van der Waals surface area contributed by atoms with Crippen molar-refractivity contribution in [2.45, 2.75) is 6.42 Å². The fourth-order valence-electron chi connectivity index (χ4n) is 2.34. The van der Waals surface area contributed by atoms with Crippen LogP contribution in [0.1, 0.15) is 10.6 Å². The van der Waals surface area contributed by atoms with E-state index in [4.69, 9.17) is 20.2 Å². The summed E-state index contributed by atoms with van der Waals surface area (Å²) < 4.78 is 10.7. The van der Waals surface area contributed by atoms with Crippen molar-refractivity contribution < 1.29 is 9.47 Å². The molecule has 4 nitrogen and oxygen atoms in total. The molecule has 2 aromatic carbocycles. The fraction of sp³-hybridized carbons (Fsp3) is 0.167. The zero-order valence-corrected chi connectivity index (χ0v) is 13.9. The van der Waals surface area contributed by atoms with Gasteiger partial charge in [0.25, 0.3) is 0 Å². The Morgan fingerprint density at radius 2 is 1.83 bits per heavy atom. The van der Waals surface area contributed by atoms with E-state index in [1.165, 1.54) is 5.56 Å². The van der Waals surface area contributed by atoms with Crippen molar-refractivity contribution in [3.63, 3.8) is 0 Å². The van der Waals surface area contributed by atoms with Gasteiger partial charge in [0.2, 0.25) is 0 Å². The Labute approximate surface area is 139 Å². The maximum atomic E-state index is 5.72. The van der Waals surface area contributed by atoms with Crippen molar-refractivity contribution in [1.82, 2.24) is 4.98 Å². The molecule has 0 fully saturated rings. The normalized spacial score (nSPS) is 10.5. The number of anilines is 1. The number of ether oxygens (including phenoxy) is 2. The van der Waals surface area contributed by atoms with Crippen LogP contribution in [0.25, 0.3) is 11.3 Å². The van der Waals surface area contributed by atoms with Gasteiger partial charge < -0.3 is 15.2 Å². The number of nitrogens with two attached hydrogens (primary N) is 1. The molecule has 1 aromatic heterocycles. The maximum absolute atomic E-state index is 5.72. The number of methoxy groups -OCH3 is 2. The van der Waals surface area contributed by atoms with Crippen LogP contribution in [-0.2, 0) is 6.42 Å². The number of rotatable bonds is 5. The van der Waals surface area contributed by atoms with Gasteiger partial charge >= 0.3 is 0 Å². The lowest BCUT2D eigenvalue weighted by molar-refractivity contribution is 0.404. The first-order valence-corrected chi connectivity index (χ1v) is 8.09. The molecule has 0 aliphatic rings. The third kappa shape index (κ3) is 3.46. The largest absolute Gasteiger partial charge is 0.497 e. The zero-order chi connectivity index (χ0) is 16.2. The first kappa shape index (κ1) is 15.4. The zero-order valence-electron chi connectivity index (χ0n) is 13.1. The number of nitrogen functional groups attached to an aromatic ring is 1. The Bertz CT molecular complexity index is 797. The van der Waals surface area contributed by atoms with Crippen LogP contribution in [0.5, 0.6) is 11.5 Å². The molecule has 0 spiro atoms. The van der Waals surface area contributed by atoms with Gasteiger partial charge in [-0.1, -0.05) is 12.1 Å². The Hall–Kier alpha value is -2.53. The Morgan fingerprint density at radius 1 is 1.04 bits per heavy atom. The highest BCUT2D eigenvalue weighted by atomic mass is 32.1. The second kappa shape index (κ2) is 6.71. The predicted octanol–water partition coefficient (Wildman–Crippen LogP) is 4.00. The SMILES string of the molecule is COc1ccc(OC)c(-c2csc(Cc3ccc(N)cc3)n2)c1. The maximum Gasteiger partial charge on any atom is 0.128 e. The highest BCUT2D eigenvalue weighted by Crippen LogP contribution is 2.34. The number of hydrogen-bond acceptors (Lipinski definition) is 5. The number of nitrogens with zero attached hydrogens (tertiary/aromatic N) is 1. The molecule has 5 heteroatoms. The molecule has 1 heterocycles. The molecule has 3 aromatic rings. The minimum atomic E-state index is 0.773. The van der Waals surface area contributed by atoms with E-state index in [9.17, 15) is 0 Å². The van der Waals surface area contributed by atoms with Crippen LogP contribution in [0.15, 0.2) is 47.8 Å². The summed E-state index contributed by atoms with van der Waals surface area (Å²) >= 11 is 1.64. The minimum absolute atomic E-state index is 0.773. The monoisotopic (exact) mass is 326 g/mol. The van der Waals surface area contributed by atoms with Crippen LogP contribution < -0.4 is 15.2 Å². The summed E-state index contributed by atoms with van der Waals surface area (Å²) in [7, 11) is 3.31. The number of benzene rings is 2. The third-order valence-corrected chi connectivity index (χ3v) is 4.42. The van der Waals surface area contributed by atoms with Gasteiger partial charge in [0.1, 0.15) is 11.5 Å². The van der Waals surface area contributed by atoms with Crippen LogP contribution in [0.3, 0.4) is 0 Å². The van der Waals surface area contributed by atoms with Gasteiger partial charge in [0, 0.05) is 23.1 Å². The number of thiazole rings is 1. The van der Waals surface area contributed by atoms with Crippen LogP contribution in [0.4, 0.5) is 5.69 Å². The van der Waals surface area contributed by atoms with E-state index in [1.54, 1.807) is 25.6 Å². The fourth-order valence-corrected chi connectivity index (χ4v) is 3.17. The molecule has 0 atom stereocenters. The van der Waals surface area contributed by atoms with Crippen molar-refractivity contribution in [3.05, 3.63) is 58.4 Å². The van der Waals surface area contributed by atoms with Crippen molar-refractivity contribution in [2.75, 3.05) is 20.0 Å². The molecule has 0 saturated heterocycles. The quantitative estimate of drug-likeness (QED) is 0.720. The van der Waals surface area contributed by atoms with E-state index < -0.39 is 0 Å². The van der Waals surface area contributed by atoms with E-state index in [1.807, 2.05) is 47.8 Å². The lowest BCUT2D eigenvalue weighted by Crippen LogP contribution is -1.92. The lowest BCUT2D eigenvalue weighted by Gasteiger charge is -2.08.